The summed E-state index contributed by atoms with van der Waals surface area (Å²) in [7, 11) is 0. The van der Waals surface area contributed by atoms with Crippen molar-refractivity contribution in [3.8, 4) is 0 Å². The Morgan fingerprint density at radius 3 is 2.35 bits per heavy atom. The van der Waals surface area contributed by atoms with Gasteiger partial charge in [-0.2, -0.15) is 0 Å². The Morgan fingerprint density at radius 1 is 1.08 bits per heavy atom. The Balaban J connectivity index is 1.49. The van der Waals surface area contributed by atoms with Crippen molar-refractivity contribution in [1.29, 1.82) is 0 Å². The fraction of sp³-hybridized carbons (Fsp3) is 0.619. The molecule has 2 aliphatic rings. The number of hydrogen-bond acceptors (Lipinski definition) is 3. The van der Waals surface area contributed by atoms with E-state index in [0.717, 1.165) is 25.9 Å². The zero-order valence-electron chi connectivity index (χ0n) is 15.5. The number of benzene rings is 1. The average molecular weight is 357 g/mol. The van der Waals surface area contributed by atoms with E-state index < -0.39 is 0 Å². The van der Waals surface area contributed by atoms with Gasteiger partial charge in [-0.25, -0.2) is 0 Å². The van der Waals surface area contributed by atoms with Crippen molar-refractivity contribution < 1.29 is 9.59 Å². The van der Waals surface area contributed by atoms with Crippen molar-refractivity contribution in [3.05, 3.63) is 35.9 Å². The molecule has 0 unspecified atom stereocenters. The van der Waals surface area contributed by atoms with Gasteiger partial charge in [-0.05, 0) is 50.3 Å². The lowest BCUT2D eigenvalue weighted by atomic mass is 9.85. The van der Waals surface area contributed by atoms with Crippen LogP contribution in [0.25, 0.3) is 0 Å². The standard InChI is InChI=1S/C21H31N3O2/c22-21(26)18-10-12-24(13-11-18)15-20(25)23-14-19(17-8-4-5-9-17)16-6-2-1-3-7-16/h1-3,6-7,17-19H,4-5,8-15H2,(H2,22,26)(H,23,25)/t19-/m1/s1. The van der Waals surface area contributed by atoms with Gasteiger partial charge in [-0.3, -0.25) is 14.5 Å². The molecule has 5 heteroatoms. The van der Waals surface area contributed by atoms with E-state index >= 15 is 0 Å². The molecule has 2 fully saturated rings. The monoisotopic (exact) mass is 357 g/mol. The lowest BCUT2D eigenvalue weighted by molar-refractivity contribution is -0.124. The Bertz CT molecular complexity index is 591. The molecular weight excluding hydrogens is 326 g/mol. The molecule has 1 aromatic rings. The maximum absolute atomic E-state index is 12.4. The van der Waals surface area contributed by atoms with Crippen LogP contribution >= 0.6 is 0 Å². The zero-order chi connectivity index (χ0) is 18.4. The molecule has 0 bridgehead atoms. The number of nitrogens with zero attached hydrogens (tertiary/aromatic N) is 1. The predicted molar refractivity (Wildman–Crippen MR) is 103 cm³/mol. The largest absolute Gasteiger partial charge is 0.369 e. The minimum absolute atomic E-state index is 0.0286. The number of carbonyl (C=O) groups is 2. The van der Waals surface area contributed by atoms with Crippen LogP contribution in [0.4, 0.5) is 0 Å². The summed E-state index contributed by atoms with van der Waals surface area (Å²) in [6.45, 7) is 2.67. The summed E-state index contributed by atoms with van der Waals surface area (Å²) in [5, 5.41) is 3.17. The summed E-state index contributed by atoms with van der Waals surface area (Å²) < 4.78 is 0. The highest BCUT2D eigenvalue weighted by Crippen LogP contribution is 2.36. The molecular formula is C21H31N3O2. The molecule has 142 valence electrons. The van der Waals surface area contributed by atoms with Gasteiger partial charge in [0.2, 0.25) is 11.8 Å². The third-order valence-corrected chi connectivity index (χ3v) is 6.07. The van der Waals surface area contributed by atoms with Crippen molar-refractivity contribution in [2.75, 3.05) is 26.2 Å². The van der Waals surface area contributed by atoms with Gasteiger partial charge in [-0.1, -0.05) is 43.2 Å². The first-order valence-corrected chi connectivity index (χ1v) is 9.97. The van der Waals surface area contributed by atoms with Crippen molar-refractivity contribution in [2.45, 2.75) is 44.4 Å². The topological polar surface area (TPSA) is 75.4 Å². The maximum Gasteiger partial charge on any atom is 0.234 e. The number of nitrogens with one attached hydrogen (secondary N) is 1. The van der Waals surface area contributed by atoms with Crippen LogP contribution in [0.2, 0.25) is 0 Å². The fourth-order valence-corrected chi connectivity index (χ4v) is 4.48. The number of rotatable bonds is 7. The van der Waals surface area contributed by atoms with Crippen LogP contribution in [0.3, 0.4) is 0 Å². The number of primary amides is 1. The smallest absolute Gasteiger partial charge is 0.234 e. The van der Waals surface area contributed by atoms with Gasteiger partial charge in [0.05, 0.1) is 6.54 Å². The number of nitrogens with two attached hydrogens (primary N) is 1. The SMILES string of the molecule is NC(=O)C1CCN(CC(=O)NC[C@H](c2ccccc2)C2CCCC2)CC1. The third kappa shape index (κ3) is 5.07. The predicted octanol–water partition coefficient (Wildman–Crippen LogP) is 2.27. The number of hydrogen-bond donors (Lipinski definition) is 2. The molecule has 1 aromatic carbocycles. The molecule has 1 aliphatic carbocycles. The van der Waals surface area contributed by atoms with E-state index in [2.05, 4.69) is 34.5 Å². The molecule has 3 rings (SSSR count). The summed E-state index contributed by atoms with van der Waals surface area (Å²) in [5.41, 5.74) is 6.71. The van der Waals surface area contributed by atoms with E-state index in [0.29, 0.717) is 24.9 Å². The second-order valence-corrected chi connectivity index (χ2v) is 7.82. The molecule has 0 radical (unpaired) electrons. The van der Waals surface area contributed by atoms with Crippen LogP contribution in [0, 0.1) is 11.8 Å². The Kier molecular flexibility index (Phi) is 6.67. The van der Waals surface area contributed by atoms with Crippen LogP contribution in [-0.2, 0) is 9.59 Å². The van der Waals surface area contributed by atoms with Gasteiger partial charge in [-0.15, -0.1) is 0 Å². The molecule has 3 N–H and O–H groups in total. The van der Waals surface area contributed by atoms with Crippen molar-refractivity contribution in [2.24, 2.45) is 17.6 Å². The maximum atomic E-state index is 12.4. The minimum atomic E-state index is -0.212. The molecule has 5 nitrogen and oxygen atoms in total. The van der Waals surface area contributed by atoms with E-state index in [1.807, 2.05) is 6.07 Å². The van der Waals surface area contributed by atoms with Crippen LogP contribution < -0.4 is 11.1 Å². The molecule has 26 heavy (non-hydrogen) atoms. The highest BCUT2D eigenvalue weighted by Gasteiger charge is 2.27. The second kappa shape index (κ2) is 9.17. The van der Waals surface area contributed by atoms with Gasteiger partial charge in [0, 0.05) is 18.4 Å². The highest BCUT2D eigenvalue weighted by molar-refractivity contribution is 5.78. The lowest BCUT2D eigenvalue weighted by Crippen LogP contribution is -2.44. The Morgan fingerprint density at radius 2 is 1.73 bits per heavy atom. The summed E-state index contributed by atoms with van der Waals surface area (Å²) >= 11 is 0. The molecule has 1 saturated heterocycles. The summed E-state index contributed by atoms with van der Waals surface area (Å²) in [6.07, 6.45) is 6.65. The highest BCUT2D eigenvalue weighted by atomic mass is 16.2. The first-order chi connectivity index (χ1) is 12.6. The zero-order valence-corrected chi connectivity index (χ0v) is 15.5. The molecule has 1 atom stereocenters. The molecule has 1 aliphatic heterocycles. The minimum Gasteiger partial charge on any atom is -0.369 e. The van der Waals surface area contributed by atoms with Crippen LogP contribution in [-0.4, -0.2) is 42.9 Å². The van der Waals surface area contributed by atoms with E-state index in [1.54, 1.807) is 0 Å². The van der Waals surface area contributed by atoms with E-state index in [4.69, 9.17) is 5.73 Å². The quantitative estimate of drug-likeness (QED) is 0.786. The Hall–Kier alpha value is -1.88. The second-order valence-electron chi connectivity index (χ2n) is 7.82. The van der Waals surface area contributed by atoms with Crippen LogP contribution in [0.1, 0.15) is 50.0 Å². The van der Waals surface area contributed by atoms with E-state index in [9.17, 15) is 9.59 Å². The number of likely N-dealkylation sites (tertiary alicyclic amines) is 1. The van der Waals surface area contributed by atoms with Gasteiger partial charge < -0.3 is 11.1 Å². The number of amides is 2. The van der Waals surface area contributed by atoms with Crippen molar-refractivity contribution >= 4 is 11.8 Å². The summed E-state index contributed by atoms with van der Waals surface area (Å²) in [4.78, 5) is 25.8. The number of carbonyl (C=O) groups excluding carboxylic acids is 2. The van der Waals surface area contributed by atoms with Crippen LogP contribution in [0.5, 0.6) is 0 Å². The van der Waals surface area contributed by atoms with Gasteiger partial charge in [0.15, 0.2) is 0 Å². The first kappa shape index (κ1) is 18.9. The normalized spacial score (nSPS) is 20.8. The molecule has 1 saturated carbocycles. The molecule has 2 amide bonds. The molecule has 1 heterocycles. The van der Waals surface area contributed by atoms with Crippen molar-refractivity contribution in [1.82, 2.24) is 10.2 Å². The van der Waals surface area contributed by atoms with E-state index in [-0.39, 0.29) is 17.7 Å². The van der Waals surface area contributed by atoms with Crippen molar-refractivity contribution in [3.63, 3.8) is 0 Å². The summed E-state index contributed by atoms with van der Waals surface area (Å²) in [5.74, 6) is 0.921. The third-order valence-electron chi connectivity index (χ3n) is 6.07. The Labute approximate surface area is 156 Å². The van der Waals surface area contributed by atoms with Gasteiger partial charge >= 0.3 is 0 Å². The van der Waals surface area contributed by atoms with E-state index in [1.165, 1.54) is 31.2 Å². The molecule has 0 aromatic heterocycles. The summed E-state index contributed by atoms with van der Waals surface area (Å²) in [6, 6.07) is 10.6. The van der Waals surface area contributed by atoms with Gasteiger partial charge in [0.25, 0.3) is 0 Å². The molecule has 0 spiro atoms. The lowest BCUT2D eigenvalue weighted by Gasteiger charge is -2.30. The first-order valence-electron chi connectivity index (χ1n) is 9.97. The average Bonchev–Trinajstić information content (AvgIpc) is 3.17. The van der Waals surface area contributed by atoms with Crippen LogP contribution in [0.15, 0.2) is 30.3 Å². The van der Waals surface area contributed by atoms with Gasteiger partial charge in [0.1, 0.15) is 0 Å². The fourth-order valence-electron chi connectivity index (χ4n) is 4.48. The number of piperidine rings is 1.